The van der Waals surface area contributed by atoms with Crippen LogP contribution in [0.1, 0.15) is 29.2 Å². The van der Waals surface area contributed by atoms with E-state index in [-0.39, 0.29) is 0 Å². The van der Waals surface area contributed by atoms with Crippen LogP contribution in [0.15, 0.2) is 61.2 Å². The summed E-state index contributed by atoms with van der Waals surface area (Å²) in [7, 11) is 0. The molecule has 0 atom stereocenters. The van der Waals surface area contributed by atoms with Gasteiger partial charge >= 0.3 is 0 Å². The minimum absolute atomic E-state index is 1.21. The molecule has 114 valence electrons. The highest BCUT2D eigenvalue weighted by atomic mass is 14.2. The van der Waals surface area contributed by atoms with Crippen LogP contribution in [-0.2, 0) is 0 Å². The molecule has 23 heavy (non-hydrogen) atoms. The van der Waals surface area contributed by atoms with Gasteiger partial charge in [-0.2, -0.15) is 0 Å². The standard InChI is InChI=1S/C23H22/c1-5-9-20-17(4)21-10-7-8-11-22(21)23(19(20)6-2)18-14-12-16(3)13-15-18/h5-15H,2H2,1,3-4H3/b9-5-. The molecule has 0 N–H and O–H groups in total. The van der Waals surface area contributed by atoms with Gasteiger partial charge in [-0.15, -0.1) is 0 Å². The van der Waals surface area contributed by atoms with Gasteiger partial charge in [0.15, 0.2) is 0 Å². The van der Waals surface area contributed by atoms with Crippen LogP contribution in [0.3, 0.4) is 0 Å². The Morgan fingerprint density at radius 2 is 1.48 bits per heavy atom. The summed E-state index contributed by atoms with van der Waals surface area (Å²) in [4.78, 5) is 0. The number of benzene rings is 3. The summed E-state index contributed by atoms with van der Waals surface area (Å²) in [5.74, 6) is 0. The third-order valence-corrected chi connectivity index (χ3v) is 4.44. The predicted octanol–water partition coefficient (Wildman–Crippen LogP) is 6.80. The Hall–Kier alpha value is -2.60. The molecular formula is C23H22. The van der Waals surface area contributed by atoms with Crippen molar-refractivity contribution in [3.8, 4) is 11.1 Å². The van der Waals surface area contributed by atoms with Gasteiger partial charge in [0.25, 0.3) is 0 Å². The lowest BCUT2D eigenvalue weighted by molar-refractivity contribution is 1.45. The molecular weight excluding hydrogens is 276 g/mol. The summed E-state index contributed by atoms with van der Waals surface area (Å²) in [5, 5.41) is 2.60. The van der Waals surface area contributed by atoms with E-state index < -0.39 is 0 Å². The van der Waals surface area contributed by atoms with Gasteiger partial charge in [0.05, 0.1) is 0 Å². The summed E-state index contributed by atoms with van der Waals surface area (Å²) in [6.07, 6.45) is 6.28. The summed E-state index contributed by atoms with van der Waals surface area (Å²) in [6, 6.07) is 17.4. The Kier molecular flexibility index (Phi) is 4.16. The largest absolute Gasteiger partial charge is 0.0984 e. The fourth-order valence-electron chi connectivity index (χ4n) is 3.28. The van der Waals surface area contributed by atoms with E-state index in [4.69, 9.17) is 0 Å². The second-order valence-corrected chi connectivity index (χ2v) is 5.94. The van der Waals surface area contributed by atoms with Gasteiger partial charge in [-0.3, -0.25) is 0 Å². The van der Waals surface area contributed by atoms with E-state index >= 15 is 0 Å². The average molecular weight is 298 g/mol. The van der Waals surface area contributed by atoms with E-state index in [2.05, 4.69) is 88.0 Å². The Balaban J connectivity index is 2.50. The molecule has 3 rings (SSSR count). The number of hydrogen-bond donors (Lipinski definition) is 0. The molecule has 0 radical (unpaired) electrons. The summed E-state index contributed by atoms with van der Waals surface area (Å²) in [5.41, 5.74) is 7.57. The van der Waals surface area contributed by atoms with E-state index in [1.165, 1.54) is 44.2 Å². The van der Waals surface area contributed by atoms with Crippen LogP contribution in [0.5, 0.6) is 0 Å². The first-order valence-corrected chi connectivity index (χ1v) is 8.04. The van der Waals surface area contributed by atoms with Crippen molar-refractivity contribution < 1.29 is 0 Å². The molecule has 3 aromatic carbocycles. The van der Waals surface area contributed by atoms with Gasteiger partial charge in [0.1, 0.15) is 0 Å². The molecule has 0 heterocycles. The lowest BCUT2D eigenvalue weighted by Gasteiger charge is -2.18. The zero-order valence-corrected chi connectivity index (χ0v) is 14.1. The zero-order chi connectivity index (χ0) is 16.4. The minimum Gasteiger partial charge on any atom is -0.0984 e. The van der Waals surface area contributed by atoms with Crippen LogP contribution in [0.2, 0.25) is 0 Å². The van der Waals surface area contributed by atoms with Gasteiger partial charge in [0.2, 0.25) is 0 Å². The van der Waals surface area contributed by atoms with Crippen LogP contribution in [0, 0.1) is 13.8 Å². The van der Waals surface area contributed by atoms with Crippen molar-refractivity contribution in [2.75, 3.05) is 0 Å². The zero-order valence-electron chi connectivity index (χ0n) is 14.1. The van der Waals surface area contributed by atoms with E-state index in [1.807, 2.05) is 6.08 Å². The Morgan fingerprint density at radius 1 is 0.826 bits per heavy atom. The molecule has 0 saturated heterocycles. The quantitative estimate of drug-likeness (QED) is 0.499. The predicted molar refractivity (Wildman–Crippen MR) is 104 cm³/mol. The second-order valence-electron chi connectivity index (χ2n) is 5.94. The van der Waals surface area contributed by atoms with Crippen molar-refractivity contribution >= 4 is 22.9 Å². The fraction of sp³-hybridized carbons (Fsp3) is 0.130. The monoisotopic (exact) mass is 298 g/mol. The number of aryl methyl sites for hydroxylation is 2. The van der Waals surface area contributed by atoms with E-state index in [9.17, 15) is 0 Å². The molecule has 0 spiro atoms. The van der Waals surface area contributed by atoms with Crippen molar-refractivity contribution in [3.63, 3.8) is 0 Å². The first kappa shape index (κ1) is 15.3. The van der Waals surface area contributed by atoms with Crippen molar-refractivity contribution in [3.05, 3.63) is 83.4 Å². The van der Waals surface area contributed by atoms with Gasteiger partial charge in [-0.25, -0.2) is 0 Å². The maximum Gasteiger partial charge on any atom is -0.00268 e. The van der Waals surface area contributed by atoms with Gasteiger partial charge < -0.3 is 0 Å². The molecule has 0 amide bonds. The van der Waals surface area contributed by atoms with Gasteiger partial charge in [-0.1, -0.05) is 78.9 Å². The van der Waals surface area contributed by atoms with Crippen LogP contribution >= 0.6 is 0 Å². The molecule has 0 aromatic heterocycles. The van der Waals surface area contributed by atoms with Crippen molar-refractivity contribution in [1.29, 1.82) is 0 Å². The average Bonchev–Trinajstić information content (AvgIpc) is 2.58. The third-order valence-electron chi connectivity index (χ3n) is 4.44. The van der Waals surface area contributed by atoms with E-state index in [0.717, 1.165) is 0 Å². The van der Waals surface area contributed by atoms with Gasteiger partial charge in [-0.05, 0) is 59.4 Å². The highest BCUT2D eigenvalue weighted by Gasteiger charge is 2.14. The van der Waals surface area contributed by atoms with Crippen LogP contribution in [-0.4, -0.2) is 0 Å². The highest BCUT2D eigenvalue weighted by molar-refractivity contribution is 6.05. The number of hydrogen-bond acceptors (Lipinski definition) is 0. The Labute approximate surface area is 138 Å². The number of allylic oxidation sites excluding steroid dienone is 1. The highest BCUT2D eigenvalue weighted by Crippen LogP contribution is 2.38. The summed E-state index contributed by atoms with van der Waals surface area (Å²) < 4.78 is 0. The molecule has 0 aliphatic carbocycles. The summed E-state index contributed by atoms with van der Waals surface area (Å²) in [6.45, 7) is 10.5. The Bertz CT molecular complexity index is 893. The minimum atomic E-state index is 1.21. The molecule has 0 saturated carbocycles. The molecule has 0 aliphatic heterocycles. The van der Waals surface area contributed by atoms with E-state index in [0.29, 0.717) is 0 Å². The lowest BCUT2D eigenvalue weighted by Crippen LogP contribution is -1.95. The molecule has 0 aliphatic rings. The van der Waals surface area contributed by atoms with E-state index in [1.54, 1.807) is 0 Å². The van der Waals surface area contributed by atoms with Crippen LogP contribution < -0.4 is 0 Å². The van der Waals surface area contributed by atoms with Crippen molar-refractivity contribution in [1.82, 2.24) is 0 Å². The summed E-state index contributed by atoms with van der Waals surface area (Å²) >= 11 is 0. The van der Waals surface area contributed by atoms with Crippen LogP contribution in [0.25, 0.3) is 34.1 Å². The first-order chi connectivity index (χ1) is 11.2. The Morgan fingerprint density at radius 3 is 2.09 bits per heavy atom. The topological polar surface area (TPSA) is 0 Å². The molecule has 3 aromatic rings. The first-order valence-electron chi connectivity index (χ1n) is 8.04. The van der Waals surface area contributed by atoms with Gasteiger partial charge in [0, 0.05) is 0 Å². The molecule has 0 heteroatoms. The molecule has 0 unspecified atom stereocenters. The molecule has 0 nitrogen and oxygen atoms in total. The molecule has 0 fully saturated rings. The normalized spacial score (nSPS) is 11.3. The van der Waals surface area contributed by atoms with Crippen molar-refractivity contribution in [2.45, 2.75) is 20.8 Å². The number of fused-ring (bicyclic) bond motifs is 1. The fourth-order valence-corrected chi connectivity index (χ4v) is 3.28. The second kappa shape index (κ2) is 6.26. The molecule has 0 bridgehead atoms. The SMILES string of the molecule is C=Cc1c(/C=C\C)c(C)c2ccccc2c1-c1ccc(C)cc1. The van der Waals surface area contributed by atoms with Crippen LogP contribution in [0.4, 0.5) is 0 Å². The lowest BCUT2D eigenvalue weighted by atomic mass is 9.86. The third kappa shape index (κ3) is 2.61. The maximum absolute atomic E-state index is 4.09. The maximum atomic E-state index is 4.09. The number of rotatable bonds is 3. The smallest absolute Gasteiger partial charge is 0.00268 e. The van der Waals surface area contributed by atoms with Crippen molar-refractivity contribution in [2.24, 2.45) is 0 Å².